The molecular formula is C10H9BrF3NO2. The Kier molecular flexibility index (Phi) is 4.13. The van der Waals surface area contributed by atoms with Crippen LogP contribution in [0, 0.1) is 0 Å². The number of hydrogen-bond donors (Lipinski definition) is 0. The fraction of sp³-hybridized carbons (Fsp3) is 0.400. The van der Waals surface area contributed by atoms with Crippen molar-refractivity contribution in [2.45, 2.75) is 26.1 Å². The van der Waals surface area contributed by atoms with E-state index in [-0.39, 0.29) is 16.5 Å². The van der Waals surface area contributed by atoms with Crippen molar-refractivity contribution in [1.82, 2.24) is 4.98 Å². The van der Waals surface area contributed by atoms with Crippen molar-refractivity contribution in [3.8, 4) is 5.88 Å². The lowest BCUT2D eigenvalue weighted by Gasteiger charge is -2.11. The van der Waals surface area contributed by atoms with Gasteiger partial charge in [-0.15, -0.1) is 0 Å². The van der Waals surface area contributed by atoms with Crippen LogP contribution in [0.3, 0.4) is 0 Å². The molecule has 0 unspecified atom stereocenters. The summed E-state index contributed by atoms with van der Waals surface area (Å²) in [5.74, 6) is -1.95. The molecular weight excluding hydrogens is 303 g/mol. The third-order valence-corrected chi connectivity index (χ3v) is 2.32. The lowest BCUT2D eigenvalue weighted by Crippen LogP contribution is -2.23. The predicted molar refractivity (Wildman–Crippen MR) is 58.1 cm³/mol. The molecule has 0 spiro atoms. The maximum absolute atomic E-state index is 12.3. The fourth-order valence-electron chi connectivity index (χ4n) is 1.05. The molecule has 1 heterocycles. The first-order chi connectivity index (χ1) is 7.71. The van der Waals surface area contributed by atoms with Gasteiger partial charge >= 0.3 is 6.18 Å². The summed E-state index contributed by atoms with van der Waals surface area (Å²) in [4.78, 5) is 14.8. The van der Waals surface area contributed by atoms with E-state index in [0.29, 0.717) is 0 Å². The molecule has 1 rings (SSSR count). The van der Waals surface area contributed by atoms with Crippen LogP contribution >= 0.6 is 15.9 Å². The Morgan fingerprint density at radius 1 is 1.47 bits per heavy atom. The monoisotopic (exact) mass is 311 g/mol. The number of pyridine rings is 1. The zero-order chi connectivity index (χ0) is 13.2. The van der Waals surface area contributed by atoms with E-state index in [1.54, 1.807) is 13.8 Å². The number of ketones is 1. The summed E-state index contributed by atoms with van der Waals surface area (Å²) in [5, 5.41) is 0. The van der Waals surface area contributed by atoms with Gasteiger partial charge in [0, 0.05) is 22.3 Å². The molecule has 1 aromatic rings. The van der Waals surface area contributed by atoms with E-state index in [1.165, 1.54) is 0 Å². The van der Waals surface area contributed by atoms with Crippen LogP contribution in [0.15, 0.2) is 16.7 Å². The largest absolute Gasteiger partial charge is 0.475 e. The summed E-state index contributed by atoms with van der Waals surface area (Å²) >= 11 is 2.85. The molecule has 0 aliphatic carbocycles. The smallest absolute Gasteiger partial charge is 0.454 e. The molecule has 0 aliphatic rings. The van der Waals surface area contributed by atoms with E-state index < -0.39 is 17.5 Å². The molecule has 0 saturated carbocycles. The highest BCUT2D eigenvalue weighted by Crippen LogP contribution is 2.28. The fourth-order valence-corrected chi connectivity index (χ4v) is 1.45. The van der Waals surface area contributed by atoms with E-state index in [0.717, 1.165) is 12.3 Å². The summed E-state index contributed by atoms with van der Waals surface area (Å²) in [7, 11) is 0. The molecule has 0 bridgehead atoms. The topological polar surface area (TPSA) is 39.2 Å². The molecule has 0 radical (unpaired) electrons. The lowest BCUT2D eigenvalue weighted by molar-refractivity contribution is -0.0885. The van der Waals surface area contributed by atoms with Crippen molar-refractivity contribution in [3.05, 3.63) is 22.3 Å². The van der Waals surface area contributed by atoms with Crippen LogP contribution in [0.1, 0.15) is 24.2 Å². The molecule has 0 aromatic carbocycles. The molecule has 0 saturated heterocycles. The Hall–Kier alpha value is -1.11. The quantitative estimate of drug-likeness (QED) is 0.803. The van der Waals surface area contributed by atoms with Crippen molar-refractivity contribution in [2.24, 2.45) is 0 Å². The molecule has 0 amide bonds. The van der Waals surface area contributed by atoms with Crippen LogP contribution in [0.2, 0.25) is 0 Å². The highest BCUT2D eigenvalue weighted by molar-refractivity contribution is 9.10. The van der Waals surface area contributed by atoms with Gasteiger partial charge in [-0.25, -0.2) is 4.98 Å². The maximum atomic E-state index is 12.3. The average Bonchev–Trinajstić information content (AvgIpc) is 2.18. The van der Waals surface area contributed by atoms with Gasteiger partial charge in [0.15, 0.2) is 0 Å². The number of nitrogens with zero attached hydrogens (tertiary/aromatic N) is 1. The molecule has 7 heteroatoms. The predicted octanol–water partition coefficient (Wildman–Crippen LogP) is 3.38. The van der Waals surface area contributed by atoms with Gasteiger partial charge in [-0.05, 0) is 29.8 Å². The number of carbonyl (C=O) groups excluding carboxylic acids is 1. The Labute approximate surface area is 104 Å². The Bertz CT molecular complexity index is 432. The van der Waals surface area contributed by atoms with Crippen LogP contribution < -0.4 is 4.74 Å². The highest BCUT2D eigenvalue weighted by atomic mass is 79.9. The first-order valence-corrected chi connectivity index (χ1v) is 5.45. The highest BCUT2D eigenvalue weighted by Gasteiger charge is 2.40. The number of aromatic nitrogens is 1. The number of halogens is 4. The van der Waals surface area contributed by atoms with E-state index >= 15 is 0 Å². The summed E-state index contributed by atoms with van der Waals surface area (Å²) in [5.41, 5.74) is -0.511. The molecule has 94 valence electrons. The minimum atomic E-state index is -4.92. The summed E-state index contributed by atoms with van der Waals surface area (Å²) in [6, 6.07) is 0.972. The van der Waals surface area contributed by atoms with Gasteiger partial charge in [0.1, 0.15) is 0 Å². The van der Waals surface area contributed by atoms with Gasteiger partial charge in [0.05, 0.1) is 6.10 Å². The summed E-state index contributed by atoms with van der Waals surface area (Å²) in [6.45, 7) is 3.41. The standard InChI is InChI=1S/C10H9BrF3NO2/c1-5(2)17-8-3-6(7(11)4-15-8)9(16)10(12,13)14/h3-5H,1-2H3. The van der Waals surface area contributed by atoms with Crippen LogP contribution in [0.4, 0.5) is 13.2 Å². The number of carbonyl (C=O) groups is 1. The van der Waals surface area contributed by atoms with E-state index in [1.807, 2.05) is 0 Å². The van der Waals surface area contributed by atoms with E-state index in [4.69, 9.17) is 4.74 Å². The number of ether oxygens (including phenoxy) is 1. The van der Waals surface area contributed by atoms with Gasteiger partial charge in [-0.3, -0.25) is 4.79 Å². The number of Topliss-reactive ketones (excluding diaryl/α,β-unsaturated/α-hetero) is 1. The van der Waals surface area contributed by atoms with Gasteiger partial charge < -0.3 is 4.74 Å². The van der Waals surface area contributed by atoms with Crippen LogP contribution in [0.25, 0.3) is 0 Å². The van der Waals surface area contributed by atoms with Gasteiger partial charge in [0.25, 0.3) is 5.78 Å². The molecule has 0 aliphatic heterocycles. The van der Waals surface area contributed by atoms with Crippen molar-refractivity contribution in [3.63, 3.8) is 0 Å². The molecule has 3 nitrogen and oxygen atoms in total. The molecule has 0 fully saturated rings. The van der Waals surface area contributed by atoms with E-state index in [9.17, 15) is 18.0 Å². The second kappa shape index (κ2) is 5.03. The Morgan fingerprint density at radius 2 is 2.06 bits per heavy atom. The number of alkyl halides is 3. The van der Waals surface area contributed by atoms with Gasteiger partial charge in [0.2, 0.25) is 5.88 Å². The first kappa shape index (κ1) is 14.0. The minimum absolute atomic E-state index is 0.0177. The molecule has 17 heavy (non-hydrogen) atoms. The normalized spacial score (nSPS) is 11.7. The Balaban J connectivity index is 3.11. The number of rotatable bonds is 3. The second-order valence-electron chi connectivity index (χ2n) is 3.50. The SMILES string of the molecule is CC(C)Oc1cc(C(=O)C(F)(F)F)c(Br)cn1. The van der Waals surface area contributed by atoms with Crippen molar-refractivity contribution in [1.29, 1.82) is 0 Å². The molecule has 1 aromatic heterocycles. The van der Waals surface area contributed by atoms with Gasteiger partial charge in [-0.1, -0.05) is 0 Å². The second-order valence-corrected chi connectivity index (χ2v) is 4.35. The first-order valence-electron chi connectivity index (χ1n) is 4.65. The third-order valence-electron chi connectivity index (χ3n) is 1.69. The van der Waals surface area contributed by atoms with Crippen molar-refractivity contribution >= 4 is 21.7 Å². The minimum Gasteiger partial charge on any atom is -0.475 e. The summed E-state index contributed by atoms with van der Waals surface area (Å²) < 4.78 is 41.9. The zero-order valence-electron chi connectivity index (χ0n) is 9.01. The van der Waals surface area contributed by atoms with Crippen LogP contribution in [0.5, 0.6) is 5.88 Å². The van der Waals surface area contributed by atoms with Crippen molar-refractivity contribution < 1.29 is 22.7 Å². The van der Waals surface area contributed by atoms with Gasteiger partial charge in [-0.2, -0.15) is 13.2 Å². The van der Waals surface area contributed by atoms with Crippen LogP contribution in [-0.2, 0) is 0 Å². The van der Waals surface area contributed by atoms with E-state index in [2.05, 4.69) is 20.9 Å². The molecule has 0 atom stereocenters. The van der Waals surface area contributed by atoms with Crippen LogP contribution in [-0.4, -0.2) is 23.0 Å². The zero-order valence-corrected chi connectivity index (χ0v) is 10.6. The molecule has 0 N–H and O–H groups in total. The average molecular weight is 312 g/mol. The van der Waals surface area contributed by atoms with Crippen molar-refractivity contribution in [2.75, 3.05) is 0 Å². The third kappa shape index (κ3) is 3.69. The maximum Gasteiger partial charge on any atom is 0.454 e. The Morgan fingerprint density at radius 3 is 2.53 bits per heavy atom. The number of hydrogen-bond acceptors (Lipinski definition) is 3. The lowest BCUT2D eigenvalue weighted by atomic mass is 10.2. The summed E-state index contributed by atoms with van der Waals surface area (Å²) in [6.07, 6.45) is -4.05.